The molecule has 3 aromatic rings. The zero-order valence-electron chi connectivity index (χ0n) is 18.2. The Bertz CT molecular complexity index is 1310. The van der Waals surface area contributed by atoms with Gasteiger partial charge in [0, 0.05) is 55.8 Å². The Hall–Kier alpha value is -3.47. The lowest BCUT2D eigenvalue weighted by molar-refractivity contribution is -0.992. The van der Waals surface area contributed by atoms with Gasteiger partial charge in [-0.1, -0.05) is 6.07 Å². The molecule has 2 aliphatic rings. The first kappa shape index (κ1) is 21.4. The molecule has 1 aromatic carbocycles. The van der Waals surface area contributed by atoms with E-state index in [4.69, 9.17) is 0 Å². The fourth-order valence-electron chi connectivity index (χ4n) is 5.22. The molecular formula is C23H25N5O5. The minimum Gasteiger partial charge on any atom is -0.595 e. The van der Waals surface area contributed by atoms with Crippen LogP contribution >= 0.6 is 0 Å². The predicted octanol–water partition coefficient (Wildman–Crippen LogP) is 0.811. The Balaban J connectivity index is 1.36. The van der Waals surface area contributed by atoms with Gasteiger partial charge in [0.1, 0.15) is 6.54 Å². The number of rotatable bonds is 4. The first-order valence-electron chi connectivity index (χ1n) is 10.9. The molecule has 10 nitrogen and oxygen atoms in total. The number of nitrogens with zero attached hydrogens (tertiary/aromatic N) is 3. The molecule has 2 amide bonds. The molecule has 33 heavy (non-hydrogen) atoms. The molecule has 172 valence electrons. The second-order valence-corrected chi connectivity index (χ2v) is 8.85. The number of quaternary nitrogens is 1. The maximum Gasteiger partial charge on any atom is 0.315 e. The Morgan fingerprint density at radius 2 is 2.00 bits per heavy atom. The fourth-order valence-corrected chi connectivity index (χ4v) is 5.22. The monoisotopic (exact) mass is 451 g/mol. The topological polar surface area (TPSA) is 124 Å². The number of likely N-dealkylation sites (tertiary alicyclic amines) is 1. The zero-order chi connectivity index (χ0) is 23.3. The number of hydrogen-bond donors (Lipinski definition) is 3. The maximum atomic E-state index is 13.2. The van der Waals surface area contributed by atoms with E-state index < -0.39 is 10.8 Å². The summed E-state index contributed by atoms with van der Waals surface area (Å²) >= 11 is 0. The van der Waals surface area contributed by atoms with Gasteiger partial charge >= 0.3 is 5.56 Å². The Morgan fingerprint density at radius 1 is 1.18 bits per heavy atom. The number of carbonyl (C=O) groups is 2. The Kier molecular flexibility index (Phi) is 5.28. The standard InChI is InChI=1S/C23H25N5O5/c1-14(29)24-18-3-2-4-20-17(18)7-8-25(20)13-22(30)26-10-15-9-16(12-26)19-5-6-21(28(32)33)23(31)27(19)11-15/h2-8,15-16,28,32H,9-13H2,1H3,(H,24,29). The lowest BCUT2D eigenvalue weighted by Crippen LogP contribution is -3.00. The predicted molar refractivity (Wildman–Crippen MR) is 120 cm³/mol. The number of amides is 2. The number of benzene rings is 1. The molecule has 0 spiro atoms. The summed E-state index contributed by atoms with van der Waals surface area (Å²) in [5.74, 6) is -0.0504. The van der Waals surface area contributed by atoms with Crippen molar-refractivity contribution >= 4 is 34.1 Å². The molecule has 3 unspecified atom stereocenters. The van der Waals surface area contributed by atoms with Crippen molar-refractivity contribution in [3.05, 3.63) is 63.9 Å². The normalized spacial score (nSPS) is 20.4. The molecule has 2 aliphatic heterocycles. The van der Waals surface area contributed by atoms with E-state index in [0.717, 1.165) is 23.0 Å². The van der Waals surface area contributed by atoms with E-state index in [0.29, 0.717) is 25.3 Å². The molecule has 3 N–H and O–H groups in total. The number of nitrogens with one attached hydrogen (secondary N) is 2. The van der Waals surface area contributed by atoms with E-state index in [1.165, 1.54) is 13.0 Å². The Morgan fingerprint density at radius 3 is 2.76 bits per heavy atom. The van der Waals surface area contributed by atoms with Gasteiger partial charge in [0.2, 0.25) is 17.5 Å². The SMILES string of the molecule is CC(=O)Nc1cccc2c1ccn2CC(=O)N1CC2CC(C1)c1ccc([NH+]([O-])O)c(=O)n1C2. The summed E-state index contributed by atoms with van der Waals surface area (Å²) in [5, 5.41) is 23.0. The van der Waals surface area contributed by atoms with Crippen molar-refractivity contribution in [2.24, 2.45) is 5.92 Å². The van der Waals surface area contributed by atoms with Crippen LogP contribution in [0.25, 0.3) is 10.9 Å². The largest absolute Gasteiger partial charge is 0.595 e. The molecule has 10 heteroatoms. The zero-order valence-corrected chi connectivity index (χ0v) is 18.2. The third-order valence-electron chi connectivity index (χ3n) is 6.62. The van der Waals surface area contributed by atoms with Crippen LogP contribution in [0.4, 0.5) is 11.4 Å². The van der Waals surface area contributed by atoms with Gasteiger partial charge in [-0.25, -0.2) is 5.21 Å². The molecule has 3 atom stereocenters. The van der Waals surface area contributed by atoms with Crippen LogP contribution < -0.4 is 16.1 Å². The van der Waals surface area contributed by atoms with Crippen molar-refractivity contribution in [3.8, 4) is 0 Å². The van der Waals surface area contributed by atoms with E-state index in [2.05, 4.69) is 5.32 Å². The summed E-state index contributed by atoms with van der Waals surface area (Å²) in [7, 11) is 0. The van der Waals surface area contributed by atoms with E-state index in [1.54, 1.807) is 10.6 Å². The summed E-state index contributed by atoms with van der Waals surface area (Å²) in [5.41, 5.74) is 1.68. The molecule has 1 fully saturated rings. The number of hydrogen-bond acceptors (Lipinski definition) is 5. The highest BCUT2D eigenvalue weighted by molar-refractivity contribution is 6.01. The van der Waals surface area contributed by atoms with Crippen LogP contribution in [0, 0.1) is 11.1 Å². The maximum absolute atomic E-state index is 13.2. The molecule has 0 saturated carbocycles. The van der Waals surface area contributed by atoms with E-state index >= 15 is 0 Å². The molecule has 5 rings (SSSR count). The summed E-state index contributed by atoms with van der Waals surface area (Å²) < 4.78 is 3.46. The van der Waals surface area contributed by atoms with Crippen molar-refractivity contribution < 1.29 is 20.0 Å². The summed E-state index contributed by atoms with van der Waals surface area (Å²) in [4.78, 5) is 39.1. The lowest BCUT2D eigenvalue weighted by atomic mass is 9.83. The van der Waals surface area contributed by atoms with Crippen LogP contribution in [-0.2, 0) is 22.7 Å². The van der Waals surface area contributed by atoms with Gasteiger partial charge in [0.05, 0.1) is 11.2 Å². The van der Waals surface area contributed by atoms with Crippen LogP contribution in [0.3, 0.4) is 0 Å². The van der Waals surface area contributed by atoms with Gasteiger partial charge in [-0.3, -0.25) is 14.4 Å². The summed E-state index contributed by atoms with van der Waals surface area (Å²) in [6.07, 6.45) is 2.73. The average molecular weight is 451 g/mol. The average Bonchev–Trinajstić information content (AvgIpc) is 3.17. The van der Waals surface area contributed by atoms with Gasteiger partial charge in [-0.2, -0.15) is 5.23 Å². The van der Waals surface area contributed by atoms with Gasteiger partial charge in [-0.15, -0.1) is 0 Å². The van der Waals surface area contributed by atoms with Crippen LogP contribution in [0.15, 0.2) is 47.4 Å². The third-order valence-corrected chi connectivity index (χ3v) is 6.62. The number of fused-ring (bicyclic) bond motifs is 5. The highest BCUT2D eigenvalue weighted by Crippen LogP contribution is 2.35. The molecule has 0 radical (unpaired) electrons. The first-order chi connectivity index (χ1) is 15.8. The molecule has 0 aliphatic carbocycles. The fraction of sp³-hybridized carbons (Fsp3) is 0.348. The first-order valence-corrected chi connectivity index (χ1v) is 10.9. The number of piperidine rings is 1. The van der Waals surface area contributed by atoms with Gasteiger partial charge in [-0.05, 0) is 36.6 Å². The van der Waals surface area contributed by atoms with Gasteiger partial charge in [0.15, 0.2) is 0 Å². The smallest absolute Gasteiger partial charge is 0.315 e. The highest BCUT2D eigenvalue weighted by Gasteiger charge is 2.37. The van der Waals surface area contributed by atoms with Crippen LogP contribution in [0.2, 0.25) is 0 Å². The van der Waals surface area contributed by atoms with Crippen molar-refractivity contribution in [1.29, 1.82) is 0 Å². The quantitative estimate of drug-likeness (QED) is 0.507. The highest BCUT2D eigenvalue weighted by atomic mass is 16.8. The minimum atomic E-state index is -1.22. The van der Waals surface area contributed by atoms with Crippen molar-refractivity contribution in [2.45, 2.75) is 32.4 Å². The summed E-state index contributed by atoms with van der Waals surface area (Å²) in [6, 6.07) is 10.6. The molecule has 1 saturated heterocycles. The van der Waals surface area contributed by atoms with Crippen molar-refractivity contribution in [1.82, 2.24) is 14.0 Å². The van der Waals surface area contributed by atoms with Crippen LogP contribution in [0.5, 0.6) is 0 Å². The van der Waals surface area contributed by atoms with E-state index in [9.17, 15) is 24.8 Å². The van der Waals surface area contributed by atoms with E-state index in [1.807, 2.05) is 39.9 Å². The molecule has 4 heterocycles. The minimum absolute atomic E-state index is 0.00442. The Labute approximate surface area is 189 Å². The molecular weight excluding hydrogens is 426 g/mol. The van der Waals surface area contributed by atoms with E-state index in [-0.39, 0.29) is 35.9 Å². The van der Waals surface area contributed by atoms with Crippen LogP contribution in [-0.4, -0.2) is 44.1 Å². The molecule has 2 aromatic heterocycles. The van der Waals surface area contributed by atoms with Gasteiger partial charge < -0.3 is 24.6 Å². The van der Waals surface area contributed by atoms with Gasteiger partial charge in [0.25, 0.3) is 0 Å². The number of aromatic nitrogens is 2. The summed E-state index contributed by atoms with van der Waals surface area (Å²) in [6.45, 7) is 3.09. The number of carbonyl (C=O) groups excluding carboxylic acids is 2. The third kappa shape index (κ3) is 3.82. The second kappa shape index (κ2) is 8.14. The second-order valence-electron chi connectivity index (χ2n) is 8.85. The van der Waals surface area contributed by atoms with Crippen molar-refractivity contribution in [3.63, 3.8) is 0 Å². The van der Waals surface area contributed by atoms with Crippen LogP contribution in [0.1, 0.15) is 25.0 Å². The van der Waals surface area contributed by atoms with Crippen molar-refractivity contribution in [2.75, 3.05) is 18.4 Å². The lowest BCUT2D eigenvalue weighted by Gasteiger charge is -2.43. The number of pyridine rings is 1. The number of anilines is 1. The molecule has 2 bridgehead atoms.